The predicted octanol–water partition coefficient (Wildman–Crippen LogP) is 3.56. The Morgan fingerprint density at radius 2 is 1.68 bits per heavy atom. The van der Waals surface area contributed by atoms with E-state index in [2.05, 4.69) is 5.32 Å². The van der Waals surface area contributed by atoms with Crippen LogP contribution in [0.2, 0.25) is 0 Å². The highest BCUT2D eigenvalue weighted by Gasteiger charge is 2.25. The number of rotatable bonds is 8. The number of hydrogen-bond acceptors (Lipinski definition) is 6. The first-order valence-electron chi connectivity index (χ1n) is 8.93. The molecule has 0 bridgehead atoms. The van der Waals surface area contributed by atoms with Gasteiger partial charge in [-0.1, -0.05) is 26.0 Å². The number of nitrogens with zero attached hydrogens (tertiary/aromatic N) is 2. The van der Waals surface area contributed by atoms with Crippen LogP contribution in [0.15, 0.2) is 35.2 Å². The minimum absolute atomic E-state index is 0.107. The Morgan fingerprint density at radius 3 is 2.18 bits per heavy atom. The summed E-state index contributed by atoms with van der Waals surface area (Å²) in [6.45, 7) is 7.85. The maximum Gasteiger partial charge on any atom is 0.293 e. The smallest absolute Gasteiger partial charge is 0.293 e. The van der Waals surface area contributed by atoms with Crippen molar-refractivity contribution in [2.24, 2.45) is 0 Å². The molecule has 0 spiro atoms. The van der Waals surface area contributed by atoms with Gasteiger partial charge in [0.05, 0.1) is 9.82 Å². The summed E-state index contributed by atoms with van der Waals surface area (Å²) in [4.78, 5) is 10.8. The highest BCUT2D eigenvalue weighted by Crippen LogP contribution is 2.30. The van der Waals surface area contributed by atoms with Gasteiger partial charge in [-0.25, -0.2) is 8.42 Å². The molecular formula is C19H25N3O5S. The molecule has 0 aliphatic rings. The van der Waals surface area contributed by atoms with Crippen molar-refractivity contribution >= 4 is 21.4 Å². The fourth-order valence-electron chi connectivity index (χ4n) is 3.03. The number of sulfonamides is 1. The zero-order chi connectivity index (χ0) is 21.1. The first-order valence-corrected chi connectivity index (χ1v) is 10.4. The van der Waals surface area contributed by atoms with E-state index in [1.807, 2.05) is 0 Å². The third-order valence-electron chi connectivity index (χ3n) is 4.54. The van der Waals surface area contributed by atoms with Crippen molar-refractivity contribution in [2.45, 2.75) is 39.1 Å². The van der Waals surface area contributed by atoms with E-state index in [0.29, 0.717) is 17.7 Å². The van der Waals surface area contributed by atoms with Gasteiger partial charge in [0.25, 0.3) is 5.69 Å². The van der Waals surface area contributed by atoms with Crippen molar-refractivity contribution < 1.29 is 18.4 Å². The van der Waals surface area contributed by atoms with Crippen LogP contribution >= 0.6 is 0 Å². The fraction of sp³-hybridized carbons (Fsp3) is 0.368. The average molecular weight is 407 g/mol. The summed E-state index contributed by atoms with van der Waals surface area (Å²) in [5.41, 5.74) is 2.20. The maximum absolute atomic E-state index is 12.6. The molecule has 0 amide bonds. The van der Waals surface area contributed by atoms with E-state index >= 15 is 0 Å². The van der Waals surface area contributed by atoms with Crippen LogP contribution < -0.4 is 5.32 Å². The maximum atomic E-state index is 12.6. The van der Waals surface area contributed by atoms with Gasteiger partial charge in [0.2, 0.25) is 10.0 Å². The number of aromatic hydroxyl groups is 1. The van der Waals surface area contributed by atoms with E-state index in [4.69, 9.17) is 0 Å². The number of nitrogens with one attached hydrogen (secondary N) is 1. The molecule has 8 nitrogen and oxygen atoms in total. The second-order valence-electron chi connectivity index (χ2n) is 6.46. The van der Waals surface area contributed by atoms with Crippen molar-refractivity contribution in [1.29, 1.82) is 0 Å². The number of aryl methyl sites for hydroxylation is 2. The van der Waals surface area contributed by atoms with E-state index in [9.17, 15) is 23.6 Å². The number of phenolic OH excluding ortho intramolecular Hbond substituents is 1. The molecular weight excluding hydrogens is 382 g/mol. The predicted molar refractivity (Wildman–Crippen MR) is 108 cm³/mol. The molecule has 9 heteroatoms. The topological polar surface area (TPSA) is 113 Å². The molecule has 2 aromatic carbocycles. The summed E-state index contributed by atoms with van der Waals surface area (Å²) in [6, 6.07) is 7.45. The Morgan fingerprint density at radius 1 is 1.11 bits per heavy atom. The molecule has 0 fully saturated rings. The first-order chi connectivity index (χ1) is 13.1. The molecule has 0 aromatic heterocycles. The largest absolute Gasteiger partial charge is 0.507 e. The SMILES string of the molecule is CCN(CC)S(=O)(=O)c1ccc(NCc2cc(C)c(O)c(C)c2)c([N+](=O)[O-])c1. The van der Waals surface area contributed by atoms with Crippen LogP contribution in [0, 0.1) is 24.0 Å². The summed E-state index contributed by atoms with van der Waals surface area (Å²) in [5.74, 6) is 0.223. The molecule has 2 N–H and O–H groups in total. The third kappa shape index (κ3) is 4.42. The van der Waals surface area contributed by atoms with Crippen molar-refractivity contribution in [1.82, 2.24) is 4.31 Å². The van der Waals surface area contributed by atoms with E-state index in [0.717, 1.165) is 11.6 Å². The Hall–Kier alpha value is -2.65. The Bertz CT molecular complexity index is 962. The summed E-state index contributed by atoms with van der Waals surface area (Å²) < 4.78 is 26.5. The van der Waals surface area contributed by atoms with Gasteiger partial charge in [0, 0.05) is 25.7 Å². The summed E-state index contributed by atoms with van der Waals surface area (Å²) >= 11 is 0. The molecule has 152 valence electrons. The molecule has 0 unspecified atom stereocenters. The zero-order valence-electron chi connectivity index (χ0n) is 16.4. The van der Waals surface area contributed by atoms with E-state index in [-0.39, 0.29) is 35.1 Å². The van der Waals surface area contributed by atoms with Gasteiger partial charge in [-0.05, 0) is 42.7 Å². The number of hydrogen-bond donors (Lipinski definition) is 2. The molecule has 0 aliphatic carbocycles. The van der Waals surface area contributed by atoms with Gasteiger partial charge in [0.1, 0.15) is 11.4 Å². The van der Waals surface area contributed by atoms with E-state index < -0.39 is 14.9 Å². The quantitative estimate of drug-likeness (QED) is 0.511. The molecule has 0 saturated heterocycles. The summed E-state index contributed by atoms with van der Waals surface area (Å²) in [6.07, 6.45) is 0. The minimum Gasteiger partial charge on any atom is -0.507 e. The fourth-order valence-corrected chi connectivity index (χ4v) is 4.51. The highest BCUT2D eigenvalue weighted by atomic mass is 32.2. The second-order valence-corrected chi connectivity index (χ2v) is 8.40. The number of benzene rings is 2. The van der Waals surface area contributed by atoms with Crippen molar-refractivity contribution in [3.63, 3.8) is 0 Å². The summed E-state index contributed by atoms with van der Waals surface area (Å²) in [5, 5.41) is 24.3. The van der Waals surface area contributed by atoms with Crippen molar-refractivity contribution in [3.8, 4) is 5.75 Å². The number of anilines is 1. The van der Waals surface area contributed by atoms with Crippen LogP contribution in [0.25, 0.3) is 0 Å². The van der Waals surface area contributed by atoms with Crippen LogP contribution in [-0.2, 0) is 16.6 Å². The number of phenols is 1. The number of nitro benzene ring substituents is 1. The van der Waals surface area contributed by atoms with Crippen LogP contribution in [0.1, 0.15) is 30.5 Å². The van der Waals surface area contributed by atoms with E-state index in [1.165, 1.54) is 16.4 Å². The van der Waals surface area contributed by atoms with Crippen molar-refractivity contribution in [2.75, 3.05) is 18.4 Å². The lowest BCUT2D eigenvalue weighted by Crippen LogP contribution is -2.30. The Balaban J connectivity index is 2.35. The van der Waals surface area contributed by atoms with Crippen molar-refractivity contribution in [3.05, 3.63) is 57.1 Å². The van der Waals surface area contributed by atoms with Gasteiger partial charge >= 0.3 is 0 Å². The summed E-state index contributed by atoms with van der Waals surface area (Å²) in [7, 11) is -3.78. The van der Waals surface area contributed by atoms with E-state index in [1.54, 1.807) is 39.8 Å². The second kappa shape index (κ2) is 8.57. The Kier molecular flexibility index (Phi) is 6.63. The van der Waals surface area contributed by atoms with Crippen LogP contribution in [0.4, 0.5) is 11.4 Å². The molecule has 28 heavy (non-hydrogen) atoms. The normalized spacial score (nSPS) is 11.6. The van der Waals surface area contributed by atoms with Crippen LogP contribution in [0.5, 0.6) is 5.75 Å². The molecule has 0 saturated carbocycles. The van der Waals surface area contributed by atoms with Gasteiger partial charge in [-0.15, -0.1) is 0 Å². The lowest BCUT2D eigenvalue weighted by atomic mass is 10.1. The average Bonchev–Trinajstić information content (AvgIpc) is 2.64. The molecule has 2 aromatic rings. The molecule has 2 rings (SSSR count). The standard InChI is InChI=1S/C19H25N3O5S/c1-5-21(6-2)28(26,27)16-7-8-17(18(11-16)22(24)25)20-12-15-9-13(3)19(23)14(4)10-15/h7-11,20,23H,5-6,12H2,1-4H3. The molecule has 0 radical (unpaired) electrons. The zero-order valence-corrected chi connectivity index (χ0v) is 17.2. The lowest BCUT2D eigenvalue weighted by Gasteiger charge is -2.18. The molecule has 0 atom stereocenters. The van der Waals surface area contributed by atoms with Crippen LogP contribution in [0.3, 0.4) is 0 Å². The molecule has 0 aliphatic heterocycles. The van der Waals surface area contributed by atoms with Gasteiger partial charge in [-0.3, -0.25) is 10.1 Å². The monoisotopic (exact) mass is 407 g/mol. The minimum atomic E-state index is -3.78. The van der Waals surface area contributed by atoms with Gasteiger partial charge in [0.15, 0.2) is 0 Å². The lowest BCUT2D eigenvalue weighted by molar-refractivity contribution is -0.384. The number of nitro groups is 1. The van der Waals surface area contributed by atoms with Crippen LogP contribution in [-0.4, -0.2) is 35.8 Å². The first kappa shape index (κ1) is 21.6. The molecule has 0 heterocycles. The Labute approximate surface area is 165 Å². The van der Waals surface area contributed by atoms with Gasteiger partial charge < -0.3 is 10.4 Å². The van der Waals surface area contributed by atoms with Gasteiger partial charge in [-0.2, -0.15) is 4.31 Å². The third-order valence-corrected chi connectivity index (χ3v) is 6.59. The highest BCUT2D eigenvalue weighted by molar-refractivity contribution is 7.89.